The summed E-state index contributed by atoms with van der Waals surface area (Å²) >= 11 is 0. The Bertz CT molecular complexity index is 3290. The molecule has 240 valence electrons. The fraction of sp³-hybridized carbons (Fsp3) is 0. The zero-order valence-corrected chi connectivity index (χ0v) is 28.0. The van der Waals surface area contributed by atoms with Crippen LogP contribution in [-0.2, 0) is 0 Å². The number of aromatic nitrogens is 4. The van der Waals surface area contributed by atoms with Crippen LogP contribution in [0, 0.1) is 0 Å². The minimum atomic E-state index is 0.913. The van der Waals surface area contributed by atoms with Crippen LogP contribution >= 0.6 is 0 Å². The van der Waals surface area contributed by atoms with Crippen LogP contribution in [0.2, 0.25) is 0 Å². The molecule has 11 aromatic rings. The Morgan fingerprint density at radius 1 is 0.404 bits per heavy atom. The first-order valence-electron chi connectivity index (χ1n) is 17.7. The second-order valence-corrected chi connectivity index (χ2v) is 13.8. The second kappa shape index (κ2) is 10.3. The summed E-state index contributed by atoms with van der Waals surface area (Å²) in [5.41, 5.74) is 14.1. The van der Waals surface area contributed by atoms with Gasteiger partial charge in [-0.2, -0.15) is 0 Å². The maximum absolute atomic E-state index is 5.18. The van der Waals surface area contributed by atoms with Gasteiger partial charge in [-0.25, -0.2) is 4.98 Å². The molecule has 1 aliphatic rings. The molecule has 0 fully saturated rings. The Hall–Kier alpha value is -7.04. The summed E-state index contributed by atoms with van der Waals surface area (Å²) in [4.78, 5) is 9.85. The first-order chi connectivity index (χ1) is 25.8. The lowest BCUT2D eigenvalue weighted by Crippen LogP contribution is -1.98. The van der Waals surface area contributed by atoms with E-state index in [4.69, 9.17) is 4.98 Å². The number of rotatable bonds is 3. The fourth-order valence-corrected chi connectivity index (χ4v) is 8.87. The summed E-state index contributed by atoms with van der Waals surface area (Å²) in [6.45, 7) is 0. The van der Waals surface area contributed by atoms with Gasteiger partial charge in [-0.05, 0) is 93.9 Å². The first kappa shape index (κ1) is 27.7. The molecule has 12 rings (SSSR count). The van der Waals surface area contributed by atoms with Crippen molar-refractivity contribution < 1.29 is 0 Å². The standard InChI is InChI=1S/C48H28N4/c1-2-10-32(11-3-1)51-43-16-7-6-13-34(43)39-25-30(18-21-44(39)51)31-19-22-45-40(26-31)37-20-17-29-9-4-5-12-33(29)48(37)52(45)46-27-38-36-23-24-49-42-15-8-14-35(47(36)42)41(38)28-50-46/h1-28H. The minimum Gasteiger partial charge on any atom is -0.309 e. The van der Waals surface area contributed by atoms with Crippen LogP contribution in [0.15, 0.2) is 170 Å². The van der Waals surface area contributed by atoms with Crippen molar-refractivity contribution in [1.82, 2.24) is 19.1 Å². The molecule has 0 saturated carbocycles. The van der Waals surface area contributed by atoms with Gasteiger partial charge >= 0.3 is 0 Å². The zero-order valence-electron chi connectivity index (χ0n) is 28.0. The highest BCUT2D eigenvalue weighted by Crippen LogP contribution is 2.47. The van der Waals surface area contributed by atoms with Crippen molar-refractivity contribution in [3.8, 4) is 44.9 Å². The quantitative estimate of drug-likeness (QED) is 0.189. The number of pyridine rings is 2. The van der Waals surface area contributed by atoms with Gasteiger partial charge in [0.05, 0.1) is 27.6 Å². The number of nitrogens with zero attached hydrogens (tertiary/aromatic N) is 4. The van der Waals surface area contributed by atoms with E-state index in [1.54, 1.807) is 0 Å². The predicted molar refractivity (Wildman–Crippen MR) is 216 cm³/mol. The molecule has 1 aliphatic carbocycles. The highest BCUT2D eigenvalue weighted by atomic mass is 15.1. The van der Waals surface area contributed by atoms with E-state index in [0.29, 0.717) is 0 Å². The lowest BCUT2D eigenvalue weighted by atomic mass is 10.00. The maximum Gasteiger partial charge on any atom is 0.138 e. The normalized spacial score (nSPS) is 12.2. The van der Waals surface area contributed by atoms with Crippen LogP contribution in [0.3, 0.4) is 0 Å². The molecule has 0 unspecified atom stereocenters. The highest BCUT2D eigenvalue weighted by Gasteiger charge is 2.24. The Kier molecular flexibility index (Phi) is 5.47. The van der Waals surface area contributed by atoms with Crippen LogP contribution in [0.4, 0.5) is 0 Å². The van der Waals surface area contributed by atoms with E-state index in [-0.39, 0.29) is 0 Å². The van der Waals surface area contributed by atoms with Crippen molar-refractivity contribution in [2.45, 2.75) is 0 Å². The van der Waals surface area contributed by atoms with Gasteiger partial charge in [0.2, 0.25) is 0 Å². The average Bonchev–Trinajstić information content (AvgIpc) is 3.84. The Labute approximate surface area is 298 Å². The Balaban J connectivity index is 1.09. The van der Waals surface area contributed by atoms with Gasteiger partial charge in [0.1, 0.15) is 5.82 Å². The number of para-hydroxylation sites is 2. The lowest BCUT2D eigenvalue weighted by Gasteiger charge is -2.11. The molecular formula is C48H28N4. The van der Waals surface area contributed by atoms with E-state index < -0.39 is 0 Å². The largest absolute Gasteiger partial charge is 0.309 e. The molecule has 0 atom stereocenters. The van der Waals surface area contributed by atoms with Crippen LogP contribution in [0.25, 0.3) is 110 Å². The maximum atomic E-state index is 5.18. The molecule has 4 heterocycles. The molecule has 0 bridgehead atoms. The van der Waals surface area contributed by atoms with Gasteiger partial charge < -0.3 is 4.57 Å². The number of hydrogen-bond acceptors (Lipinski definition) is 2. The summed E-state index contributed by atoms with van der Waals surface area (Å²) in [6, 6.07) is 57.2. The molecule has 0 amide bonds. The van der Waals surface area contributed by atoms with Gasteiger partial charge in [0.25, 0.3) is 0 Å². The molecule has 0 saturated heterocycles. The van der Waals surface area contributed by atoms with Crippen molar-refractivity contribution in [1.29, 1.82) is 0 Å². The predicted octanol–water partition coefficient (Wildman–Crippen LogP) is 12.3. The van der Waals surface area contributed by atoms with Gasteiger partial charge in [0, 0.05) is 56.0 Å². The number of benzene rings is 7. The van der Waals surface area contributed by atoms with Crippen molar-refractivity contribution in [2.24, 2.45) is 0 Å². The van der Waals surface area contributed by atoms with E-state index in [1.807, 2.05) is 6.20 Å². The van der Waals surface area contributed by atoms with E-state index in [1.165, 1.54) is 87.8 Å². The van der Waals surface area contributed by atoms with E-state index in [2.05, 4.69) is 178 Å². The van der Waals surface area contributed by atoms with Gasteiger partial charge in [0.15, 0.2) is 0 Å². The SMILES string of the molecule is c1ccc(-n2c3ccccc3c3cc(-c4ccc5c(c4)c4ccc6ccccc6c4n5-c4cc5c(cn4)-c4cccc6nccc-5c46)ccc32)cc1. The molecule has 0 radical (unpaired) electrons. The molecule has 0 aliphatic heterocycles. The molecule has 0 spiro atoms. The van der Waals surface area contributed by atoms with Crippen molar-refractivity contribution in [3.63, 3.8) is 0 Å². The summed E-state index contributed by atoms with van der Waals surface area (Å²) < 4.78 is 4.74. The molecule has 4 aromatic heterocycles. The minimum absolute atomic E-state index is 0.913. The third kappa shape index (κ3) is 3.70. The van der Waals surface area contributed by atoms with Gasteiger partial charge in [-0.15, -0.1) is 0 Å². The summed E-state index contributed by atoms with van der Waals surface area (Å²) in [6.07, 6.45) is 3.97. The lowest BCUT2D eigenvalue weighted by molar-refractivity contribution is 1.09. The Morgan fingerprint density at radius 3 is 1.98 bits per heavy atom. The smallest absolute Gasteiger partial charge is 0.138 e. The van der Waals surface area contributed by atoms with Crippen LogP contribution in [0.1, 0.15) is 0 Å². The van der Waals surface area contributed by atoms with Crippen molar-refractivity contribution in [3.05, 3.63) is 170 Å². The average molecular weight is 661 g/mol. The first-order valence-corrected chi connectivity index (χ1v) is 17.7. The third-order valence-corrected chi connectivity index (χ3v) is 11.1. The van der Waals surface area contributed by atoms with Crippen molar-refractivity contribution in [2.75, 3.05) is 0 Å². The summed E-state index contributed by atoms with van der Waals surface area (Å²) in [7, 11) is 0. The fourth-order valence-electron chi connectivity index (χ4n) is 8.87. The van der Waals surface area contributed by atoms with Crippen LogP contribution < -0.4 is 0 Å². The van der Waals surface area contributed by atoms with Gasteiger partial charge in [-0.1, -0.05) is 97.1 Å². The molecule has 0 N–H and O–H groups in total. The Morgan fingerprint density at radius 2 is 1.12 bits per heavy atom. The van der Waals surface area contributed by atoms with E-state index >= 15 is 0 Å². The number of fused-ring (bicyclic) bond motifs is 11. The van der Waals surface area contributed by atoms with Crippen LogP contribution in [0.5, 0.6) is 0 Å². The number of hydrogen-bond donors (Lipinski definition) is 0. The highest BCUT2D eigenvalue weighted by molar-refractivity contribution is 6.20. The summed E-state index contributed by atoms with van der Waals surface area (Å²) in [5, 5.41) is 8.56. The van der Waals surface area contributed by atoms with E-state index in [9.17, 15) is 0 Å². The van der Waals surface area contributed by atoms with Gasteiger partial charge in [-0.3, -0.25) is 9.55 Å². The van der Waals surface area contributed by atoms with E-state index in [0.717, 1.165) is 22.4 Å². The molecule has 7 aromatic carbocycles. The van der Waals surface area contributed by atoms with Crippen LogP contribution in [-0.4, -0.2) is 19.1 Å². The second-order valence-electron chi connectivity index (χ2n) is 13.8. The topological polar surface area (TPSA) is 35.6 Å². The summed E-state index contributed by atoms with van der Waals surface area (Å²) in [5.74, 6) is 0.913. The molecule has 4 nitrogen and oxygen atoms in total. The monoisotopic (exact) mass is 660 g/mol. The third-order valence-electron chi connectivity index (χ3n) is 11.1. The zero-order chi connectivity index (χ0) is 33.9. The molecule has 4 heteroatoms. The van der Waals surface area contributed by atoms with Crippen molar-refractivity contribution >= 4 is 65.3 Å². The molecular weight excluding hydrogens is 633 g/mol. The molecule has 52 heavy (non-hydrogen) atoms.